The average molecular weight is 1840 g/mol. The van der Waals surface area contributed by atoms with Gasteiger partial charge in [-0.05, 0) is 194 Å². The van der Waals surface area contributed by atoms with Crippen LogP contribution in [0.5, 0.6) is 0 Å². The molecule has 0 fully saturated rings. The van der Waals surface area contributed by atoms with Crippen LogP contribution in [0, 0.1) is 27.7 Å². The maximum absolute atomic E-state index is 15.6. The van der Waals surface area contributed by atoms with Crippen LogP contribution in [0.2, 0.25) is 39.3 Å². The van der Waals surface area contributed by atoms with Gasteiger partial charge in [-0.25, -0.2) is 0 Å². The van der Waals surface area contributed by atoms with Crippen molar-refractivity contribution in [2.45, 2.75) is 67.0 Å². The van der Waals surface area contributed by atoms with Crippen molar-refractivity contribution in [1.29, 1.82) is 0 Å². The molecule has 0 saturated carbocycles. The van der Waals surface area contributed by atoms with Crippen molar-refractivity contribution in [2.24, 2.45) is 0 Å². The van der Waals surface area contributed by atoms with Gasteiger partial charge in [0.2, 0.25) is 0 Å². The lowest BCUT2D eigenvalue weighted by molar-refractivity contribution is 0.591. The molecule has 5 nitrogen and oxygen atoms in total. The molecule has 0 saturated heterocycles. The van der Waals surface area contributed by atoms with Crippen LogP contribution in [-0.2, 0) is 13.7 Å². The summed E-state index contributed by atoms with van der Waals surface area (Å²) in [5, 5.41) is 29.0. The zero-order chi connectivity index (χ0) is 92.2. The fraction of sp³-hybridized carbons (Fsp3) is 0.0806. The van der Waals surface area contributed by atoms with E-state index in [4.69, 9.17) is 0 Å². The molecule has 2 aromatic heterocycles. The van der Waals surface area contributed by atoms with Gasteiger partial charge in [0.15, 0.2) is 21.4 Å². The fourth-order valence-electron chi connectivity index (χ4n) is 23.3. The van der Waals surface area contributed by atoms with Crippen LogP contribution in [-0.4, -0.2) is 33.4 Å². The molecule has 135 heavy (non-hydrogen) atoms. The molecule has 0 spiro atoms. The van der Waals surface area contributed by atoms with Gasteiger partial charge in [0.25, 0.3) is 0 Å². The topological polar surface area (TPSA) is 61.1 Å². The predicted molar refractivity (Wildman–Crippen MR) is 590 cm³/mol. The van der Waals surface area contributed by atoms with Gasteiger partial charge >= 0.3 is 0 Å². The maximum atomic E-state index is 15.6. The minimum Gasteiger partial charge on any atom is -0.309 e. The molecule has 3 atom stereocenters. The highest BCUT2D eigenvalue weighted by molar-refractivity contribution is 7.88. The summed E-state index contributed by atoms with van der Waals surface area (Å²) in [6, 6.07) is 153. The van der Waals surface area contributed by atoms with Crippen molar-refractivity contribution in [3.63, 3.8) is 0 Å². The third kappa shape index (κ3) is 13.1. The lowest BCUT2D eigenvalue weighted by Gasteiger charge is -2.38. The Labute approximate surface area is 792 Å². The Kier molecular flexibility index (Phi) is 20.7. The van der Waals surface area contributed by atoms with Crippen LogP contribution in [0.3, 0.4) is 0 Å². The SMILES string of the molecule is C[Si]1(C)c2ccccc2P(=O)(c2ccccc2)c2ccc(-c3c4ccccc4c(-c4cccc5ccccc45)c4ccccc34)cc21.C[Si]1(C)c2ccccc2P(=O)(c2ccccc2)c2ccc(-c3cccc(-n4c5ccccc5c5ccccc54)c3)cc21.Cc1c(C)c(-n2c3ccccc3c3ccccc32)c(C)c(C)c1-c1ccc2c(c1)[Si](C)(C)c1ccccc1P2(=O)c1ccccc1. The van der Waals surface area contributed by atoms with Gasteiger partial charge in [-0.15, -0.1) is 0 Å². The zero-order valence-corrected chi connectivity index (χ0v) is 83.1. The summed E-state index contributed by atoms with van der Waals surface area (Å²) in [6.07, 6.45) is 0. The van der Waals surface area contributed by atoms with Gasteiger partial charge in [-0.1, -0.05) is 434 Å². The standard InChI is InChI=1S/C44H33OPSi.C42H38NOPSi.C38H30NOPSi/c1-47(2)41-26-13-12-25-39(41)46(45,32-17-4-3-5-18-32)40-28-27-31(29-42(40)47)43-35-20-8-10-22-37(35)44(38-23-11-9-21-36(38)43)34-24-14-16-30-15-6-7-19-33(30)34;1-27-29(3)42(43-35-20-12-10-18-33(35)34-19-11-13-21-36(34)43)30(4)28(2)41(27)31-24-25-38-40(26-31)46(5,6)39-23-15-14-22-37(39)45(38,44)32-16-8-7-9-17-32;1-42(2)37-22-11-10-21-35(37)41(40,30-15-4-3-5-16-30)36-24-23-28(26-38(36)42)27-13-12-14-29(25-27)39-33-19-8-6-17-31(33)32-18-7-9-20-34(32)39/h3-29H,1-2H3;7-26H,1-6H3;3-26H,1-2H3. The third-order valence-corrected chi connectivity index (χ3v) is 51.5. The number of aromatic nitrogens is 2. The number of rotatable bonds is 9. The van der Waals surface area contributed by atoms with Gasteiger partial charge < -0.3 is 22.8 Å². The minimum absolute atomic E-state index is 0.904. The quantitative estimate of drug-likeness (QED) is 0.0822. The van der Waals surface area contributed by atoms with E-state index in [1.54, 1.807) is 0 Å². The summed E-state index contributed by atoms with van der Waals surface area (Å²) in [7, 11) is -15.6. The predicted octanol–water partition coefficient (Wildman–Crippen LogP) is 24.9. The van der Waals surface area contributed by atoms with Crippen LogP contribution >= 0.6 is 21.4 Å². The lowest BCUT2D eigenvalue weighted by atomic mass is 9.85. The van der Waals surface area contributed by atoms with E-state index in [-0.39, 0.29) is 0 Å². The molecule has 11 heteroatoms. The second-order valence-corrected chi connectivity index (χ2v) is 59.4. The van der Waals surface area contributed by atoms with Gasteiger partial charge in [-0.3, -0.25) is 0 Å². The first kappa shape index (κ1) is 85.3. The van der Waals surface area contributed by atoms with Crippen LogP contribution in [0.25, 0.3) is 132 Å². The largest absolute Gasteiger partial charge is 0.309 e. The van der Waals surface area contributed by atoms with E-state index in [2.05, 4.69) is 404 Å². The first-order valence-electron chi connectivity index (χ1n) is 46.9. The molecule has 0 radical (unpaired) electrons. The molecule has 0 N–H and O–H groups in total. The Balaban J connectivity index is 0.000000114. The first-order valence-corrected chi connectivity index (χ1v) is 61.1. The Bertz CT molecular complexity index is 8640. The minimum atomic E-state index is -3.07. The summed E-state index contributed by atoms with van der Waals surface area (Å²) in [4.78, 5) is 0. The van der Waals surface area contributed by atoms with E-state index in [0.717, 1.165) is 64.6 Å². The highest BCUT2D eigenvalue weighted by atomic mass is 31.2. The van der Waals surface area contributed by atoms with Gasteiger partial charge in [0.1, 0.15) is 24.2 Å². The Morgan fingerprint density at radius 2 is 0.496 bits per heavy atom. The van der Waals surface area contributed by atoms with Gasteiger partial charge in [0.05, 0.1) is 27.8 Å². The Morgan fingerprint density at radius 1 is 0.207 bits per heavy atom. The normalized spacial score (nSPS) is 16.9. The molecule has 5 heterocycles. The van der Waals surface area contributed by atoms with Crippen molar-refractivity contribution in [1.82, 2.24) is 9.13 Å². The smallest absolute Gasteiger partial charge is 0.170 e. The maximum Gasteiger partial charge on any atom is 0.170 e. The highest BCUT2D eigenvalue weighted by Crippen LogP contribution is 2.52. The van der Waals surface area contributed by atoms with E-state index < -0.39 is 45.6 Å². The van der Waals surface area contributed by atoms with E-state index in [1.807, 2.05) is 103 Å². The summed E-state index contributed by atoms with van der Waals surface area (Å²) in [5.74, 6) is 0. The highest BCUT2D eigenvalue weighted by Gasteiger charge is 2.50. The van der Waals surface area contributed by atoms with Crippen molar-refractivity contribution >= 4 is 200 Å². The molecule has 0 aliphatic carbocycles. The second kappa shape index (κ2) is 32.8. The average Bonchev–Trinajstić information content (AvgIpc) is 1.70. The number of hydrogen-bond donors (Lipinski definition) is 0. The lowest BCUT2D eigenvalue weighted by Crippen LogP contribution is -2.67. The number of fused-ring (bicyclic) bond motifs is 15. The summed E-state index contributed by atoms with van der Waals surface area (Å²) < 4.78 is 51.2. The number of nitrogens with zero attached hydrogens (tertiary/aromatic N) is 2. The Morgan fingerprint density at radius 3 is 0.904 bits per heavy atom. The van der Waals surface area contributed by atoms with Crippen molar-refractivity contribution < 1.29 is 13.7 Å². The van der Waals surface area contributed by atoms with E-state index in [1.165, 1.54) is 168 Å². The molecular weight excluding hydrogens is 1740 g/mol. The summed E-state index contributed by atoms with van der Waals surface area (Å²) in [6.45, 7) is 23.6. The second-order valence-electron chi connectivity index (χ2n) is 38.3. The van der Waals surface area contributed by atoms with Crippen LogP contribution in [0.1, 0.15) is 22.3 Å². The molecular formula is C124H101N2O3P3Si3. The molecule has 22 aromatic rings. The van der Waals surface area contributed by atoms with Crippen molar-refractivity contribution in [2.75, 3.05) is 0 Å². The fourth-order valence-corrected chi connectivity index (χ4v) is 47.8. The molecule has 3 unspecified atom stereocenters. The molecule has 0 amide bonds. The van der Waals surface area contributed by atoms with E-state index in [0.29, 0.717) is 0 Å². The van der Waals surface area contributed by atoms with Crippen LogP contribution in [0.15, 0.2) is 431 Å². The monoisotopic (exact) mass is 1840 g/mol. The molecule has 25 rings (SSSR count). The zero-order valence-electron chi connectivity index (χ0n) is 77.5. The summed E-state index contributed by atoms with van der Waals surface area (Å²) >= 11 is 0. The summed E-state index contributed by atoms with van der Waals surface area (Å²) in [5.41, 5.74) is 22.2. The van der Waals surface area contributed by atoms with Crippen molar-refractivity contribution in [3.05, 3.63) is 453 Å². The molecule has 652 valence electrons. The van der Waals surface area contributed by atoms with Gasteiger partial charge in [0, 0.05) is 75.0 Å². The molecule has 0 bridgehead atoms. The third-order valence-electron chi connectivity index (χ3n) is 30.1. The first-order chi connectivity index (χ1) is 65.6. The van der Waals surface area contributed by atoms with E-state index >= 15 is 13.7 Å². The van der Waals surface area contributed by atoms with Crippen LogP contribution < -0.4 is 78.9 Å². The Hall–Kier alpha value is -13.9. The molecule has 20 aromatic carbocycles. The molecule has 3 aliphatic heterocycles. The van der Waals surface area contributed by atoms with Crippen LogP contribution in [0.4, 0.5) is 0 Å². The number of para-hydroxylation sites is 4. The van der Waals surface area contributed by atoms with Gasteiger partial charge in [-0.2, -0.15) is 0 Å². The molecule has 3 aliphatic rings. The van der Waals surface area contributed by atoms with E-state index in [9.17, 15) is 0 Å². The van der Waals surface area contributed by atoms with Crippen molar-refractivity contribution in [3.8, 4) is 55.9 Å². The number of hydrogen-bond acceptors (Lipinski definition) is 3. The number of benzene rings is 20.